The molecule has 2 rings (SSSR count). The van der Waals surface area contributed by atoms with Crippen molar-refractivity contribution in [2.45, 2.75) is 39.7 Å². The van der Waals surface area contributed by atoms with Gasteiger partial charge in [0.1, 0.15) is 17.5 Å². The van der Waals surface area contributed by atoms with Gasteiger partial charge >= 0.3 is 0 Å². The molecule has 1 N–H and O–H groups in total. The first-order valence-corrected chi connectivity index (χ1v) is 7.72. The first-order chi connectivity index (χ1) is 9.67. The lowest BCUT2D eigenvalue weighted by Gasteiger charge is -2.38. The van der Waals surface area contributed by atoms with E-state index in [0.29, 0.717) is 6.04 Å². The molecule has 5 heteroatoms. The number of aromatic nitrogens is 2. The minimum absolute atomic E-state index is 0.682. The Kier molecular flexibility index (Phi) is 5.17. The van der Waals surface area contributed by atoms with E-state index < -0.39 is 0 Å². The second-order valence-electron chi connectivity index (χ2n) is 5.41. The number of hydrogen-bond acceptors (Lipinski definition) is 5. The fourth-order valence-corrected chi connectivity index (χ4v) is 2.58. The van der Waals surface area contributed by atoms with E-state index in [1.807, 2.05) is 7.05 Å². The van der Waals surface area contributed by atoms with Crippen LogP contribution in [-0.4, -0.2) is 54.1 Å². The van der Waals surface area contributed by atoms with Crippen LogP contribution in [0.3, 0.4) is 0 Å². The highest BCUT2D eigenvalue weighted by atomic mass is 15.3. The molecule has 1 atom stereocenters. The second-order valence-corrected chi connectivity index (χ2v) is 5.41. The second kappa shape index (κ2) is 6.88. The molecule has 1 aromatic rings. The zero-order valence-electron chi connectivity index (χ0n) is 13.2. The van der Waals surface area contributed by atoms with Crippen LogP contribution in [0, 0.1) is 0 Å². The third-order valence-electron chi connectivity index (χ3n) is 4.18. The summed E-state index contributed by atoms with van der Waals surface area (Å²) in [4.78, 5) is 14.1. The topological polar surface area (TPSA) is 44.3 Å². The van der Waals surface area contributed by atoms with Crippen LogP contribution < -0.4 is 10.2 Å². The van der Waals surface area contributed by atoms with Crippen LogP contribution in [0.5, 0.6) is 0 Å². The van der Waals surface area contributed by atoms with E-state index in [-0.39, 0.29) is 0 Å². The Morgan fingerprint density at radius 1 is 1.20 bits per heavy atom. The van der Waals surface area contributed by atoms with Gasteiger partial charge in [0.2, 0.25) is 0 Å². The molecule has 0 saturated carbocycles. The third kappa shape index (κ3) is 3.39. The Hall–Kier alpha value is -1.36. The summed E-state index contributed by atoms with van der Waals surface area (Å²) < 4.78 is 0. The monoisotopic (exact) mass is 277 g/mol. The van der Waals surface area contributed by atoms with E-state index in [1.165, 1.54) is 6.42 Å². The summed E-state index contributed by atoms with van der Waals surface area (Å²) >= 11 is 0. The molecule has 20 heavy (non-hydrogen) atoms. The largest absolute Gasteiger partial charge is 0.373 e. The standard InChI is InChI=1S/C15H27N5/c1-5-12(3)19-7-9-20(10-8-19)15-11-14(16-4)17-13(6-2)18-15/h11-12H,5-10H2,1-4H3,(H,16,17,18). The molecule has 0 aromatic carbocycles. The van der Waals surface area contributed by atoms with Crippen LogP contribution in [0.2, 0.25) is 0 Å². The first kappa shape index (κ1) is 15.0. The minimum Gasteiger partial charge on any atom is -0.373 e. The fourth-order valence-electron chi connectivity index (χ4n) is 2.58. The molecule has 5 nitrogen and oxygen atoms in total. The summed E-state index contributed by atoms with van der Waals surface area (Å²) in [7, 11) is 1.91. The van der Waals surface area contributed by atoms with E-state index in [0.717, 1.165) is 50.1 Å². The van der Waals surface area contributed by atoms with Crippen LogP contribution in [0.15, 0.2) is 6.07 Å². The highest BCUT2D eigenvalue weighted by molar-refractivity contribution is 5.49. The van der Waals surface area contributed by atoms with Crippen molar-refractivity contribution >= 4 is 11.6 Å². The van der Waals surface area contributed by atoms with Gasteiger partial charge in [0.15, 0.2) is 0 Å². The van der Waals surface area contributed by atoms with Crippen molar-refractivity contribution in [2.24, 2.45) is 0 Å². The van der Waals surface area contributed by atoms with E-state index in [1.54, 1.807) is 0 Å². The molecule has 2 heterocycles. The lowest BCUT2D eigenvalue weighted by molar-refractivity contribution is 0.192. The maximum absolute atomic E-state index is 4.67. The molecule has 0 radical (unpaired) electrons. The number of aryl methyl sites for hydroxylation is 1. The van der Waals surface area contributed by atoms with Crippen LogP contribution in [-0.2, 0) is 6.42 Å². The molecule has 0 spiro atoms. The van der Waals surface area contributed by atoms with Crippen molar-refractivity contribution in [2.75, 3.05) is 43.4 Å². The van der Waals surface area contributed by atoms with Crippen LogP contribution in [0.25, 0.3) is 0 Å². The molecule has 0 amide bonds. The van der Waals surface area contributed by atoms with Crippen molar-refractivity contribution in [3.8, 4) is 0 Å². The Morgan fingerprint density at radius 3 is 2.45 bits per heavy atom. The Balaban J connectivity index is 2.06. The molecule has 0 aliphatic carbocycles. The summed E-state index contributed by atoms with van der Waals surface area (Å²) in [5.74, 6) is 2.89. The predicted molar refractivity (Wildman–Crippen MR) is 84.5 cm³/mol. The van der Waals surface area contributed by atoms with E-state index in [9.17, 15) is 0 Å². The molecular weight excluding hydrogens is 250 g/mol. The molecule has 1 saturated heterocycles. The molecule has 1 aliphatic rings. The molecule has 1 fully saturated rings. The van der Waals surface area contributed by atoms with Gasteiger partial charge in [-0.3, -0.25) is 4.90 Å². The summed E-state index contributed by atoms with van der Waals surface area (Å²) in [6, 6.07) is 2.74. The van der Waals surface area contributed by atoms with Crippen LogP contribution >= 0.6 is 0 Å². The predicted octanol–water partition coefficient (Wildman–Crippen LogP) is 2.00. The third-order valence-corrected chi connectivity index (χ3v) is 4.18. The normalized spacial score (nSPS) is 18.1. The minimum atomic E-state index is 0.682. The van der Waals surface area contributed by atoms with Crippen molar-refractivity contribution in [1.29, 1.82) is 0 Å². The molecule has 1 aromatic heterocycles. The maximum Gasteiger partial charge on any atom is 0.134 e. The zero-order chi connectivity index (χ0) is 14.5. The summed E-state index contributed by atoms with van der Waals surface area (Å²) in [6.07, 6.45) is 2.09. The lowest BCUT2D eigenvalue weighted by Crippen LogP contribution is -2.49. The van der Waals surface area contributed by atoms with Crippen molar-refractivity contribution in [3.05, 3.63) is 11.9 Å². The fraction of sp³-hybridized carbons (Fsp3) is 0.733. The van der Waals surface area contributed by atoms with Crippen molar-refractivity contribution < 1.29 is 0 Å². The smallest absolute Gasteiger partial charge is 0.134 e. The Labute approximate surface area is 122 Å². The van der Waals surface area contributed by atoms with Crippen molar-refractivity contribution in [1.82, 2.24) is 14.9 Å². The highest BCUT2D eigenvalue weighted by Gasteiger charge is 2.21. The highest BCUT2D eigenvalue weighted by Crippen LogP contribution is 2.19. The maximum atomic E-state index is 4.67. The van der Waals surface area contributed by atoms with Gasteiger partial charge in [-0.1, -0.05) is 13.8 Å². The van der Waals surface area contributed by atoms with Crippen LogP contribution in [0.1, 0.15) is 33.0 Å². The van der Waals surface area contributed by atoms with E-state index in [4.69, 9.17) is 0 Å². The molecular formula is C15H27N5. The number of nitrogens with zero attached hydrogens (tertiary/aromatic N) is 4. The van der Waals surface area contributed by atoms with Gasteiger partial charge < -0.3 is 10.2 Å². The first-order valence-electron chi connectivity index (χ1n) is 7.72. The van der Waals surface area contributed by atoms with Gasteiger partial charge in [0.25, 0.3) is 0 Å². The SMILES string of the molecule is CCc1nc(NC)cc(N2CCN(C(C)CC)CC2)n1. The van der Waals surface area contributed by atoms with Crippen LogP contribution in [0.4, 0.5) is 11.6 Å². The Bertz CT molecular complexity index is 404. The number of hydrogen-bond donors (Lipinski definition) is 1. The average Bonchev–Trinajstić information content (AvgIpc) is 2.53. The summed E-state index contributed by atoms with van der Waals surface area (Å²) in [6.45, 7) is 11.0. The van der Waals surface area contributed by atoms with Gasteiger partial charge in [-0.15, -0.1) is 0 Å². The van der Waals surface area contributed by atoms with Gasteiger partial charge in [0, 0.05) is 51.8 Å². The molecule has 1 unspecified atom stereocenters. The van der Waals surface area contributed by atoms with Crippen molar-refractivity contribution in [3.63, 3.8) is 0 Å². The summed E-state index contributed by atoms with van der Waals surface area (Å²) in [5.41, 5.74) is 0. The van der Waals surface area contributed by atoms with Gasteiger partial charge in [0.05, 0.1) is 0 Å². The number of anilines is 2. The quantitative estimate of drug-likeness (QED) is 0.892. The summed E-state index contributed by atoms with van der Waals surface area (Å²) in [5, 5.41) is 3.13. The average molecular weight is 277 g/mol. The van der Waals surface area contributed by atoms with E-state index >= 15 is 0 Å². The molecule has 0 bridgehead atoms. The van der Waals surface area contributed by atoms with Gasteiger partial charge in [-0.05, 0) is 13.3 Å². The number of nitrogens with one attached hydrogen (secondary N) is 1. The van der Waals surface area contributed by atoms with E-state index in [2.05, 4.69) is 51.9 Å². The molecule has 1 aliphatic heterocycles. The lowest BCUT2D eigenvalue weighted by atomic mass is 10.2. The van der Waals surface area contributed by atoms with Gasteiger partial charge in [-0.25, -0.2) is 9.97 Å². The Morgan fingerprint density at radius 2 is 1.90 bits per heavy atom. The zero-order valence-corrected chi connectivity index (χ0v) is 13.2. The molecule has 112 valence electrons. The van der Waals surface area contributed by atoms with Gasteiger partial charge in [-0.2, -0.15) is 0 Å². The number of rotatable bonds is 5. The number of piperazine rings is 1.